The Labute approximate surface area is 161 Å². The molecule has 2 aromatic heterocycles. The van der Waals surface area contributed by atoms with Crippen molar-refractivity contribution in [1.82, 2.24) is 14.5 Å². The first kappa shape index (κ1) is 16.3. The molecule has 1 amide bonds. The molecule has 2 aromatic carbocycles. The van der Waals surface area contributed by atoms with Crippen molar-refractivity contribution in [1.29, 1.82) is 0 Å². The Bertz CT molecular complexity index is 1160. The summed E-state index contributed by atoms with van der Waals surface area (Å²) >= 11 is 1.52. The van der Waals surface area contributed by atoms with Crippen LogP contribution in [0, 0.1) is 0 Å². The van der Waals surface area contributed by atoms with Crippen LogP contribution in [0.15, 0.2) is 60.7 Å². The molecule has 0 radical (unpaired) electrons. The molecule has 0 aliphatic carbocycles. The van der Waals surface area contributed by atoms with E-state index in [0.717, 1.165) is 39.6 Å². The lowest BCUT2D eigenvalue weighted by molar-refractivity contribution is 0.0739. The maximum Gasteiger partial charge on any atom is 0.264 e. The Morgan fingerprint density at radius 1 is 1.00 bits per heavy atom. The minimum atomic E-state index is 0.111. The van der Waals surface area contributed by atoms with Crippen molar-refractivity contribution in [2.45, 2.75) is 13.0 Å². The number of benzene rings is 2. The van der Waals surface area contributed by atoms with E-state index in [1.54, 1.807) is 0 Å². The Hall–Kier alpha value is -2.92. The summed E-state index contributed by atoms with van der Waals surface area (Å²) in [6, 6.07) is 20.4. The van der Waals surface area contributed by atoms with E-state index >= 15 is 0 Å². The van der Waals surface area contributed by atoms with Crippen LogP contribution in [0.2, 0.25) is 0 Å². The van der Waals surface area contributed by atoms with Crippen LogP contribution in [0.3, 0.4) is 0 Å². The summed E-state index contributed by atoms with van der Waals surface area (Å²) < 4.78 is 2.09. The molecule has 5 rings (SSSR count). The van der Waals surface area contributed by atoms with E-state index in [2.05, 4.69) is 28.8 Å². The van der Waals surface area contributed by atoms with Gasteiger partial charge in [0, 0.05) is 20.1 Å². The van der Waals surface area contributed by atoms with Gasteiger partial charge in [-0.1, -0.05) is 36.4 Å². The lowest BCUT2D eigenvalue weighted by Crippen LogP contribution is -2.35. The van der Waals surface area contributed by atoms with Crippen LogP contribution in [-0.2, 0) is 20.0 Å². The largest absolute Gasteiger partial charge is 0.333 e. The van der Waals surface area contributed by atoms with E-state index in [0.29, 0.717) is 6.54 Å². The number of para-hydroxylation sites is 2. The number of hydrogen-bond acceptors (Lipinski definition) is 3. The van der Waals surface area contributed by atoms with E-state index in [-0.39, 0.29) is 5.91 Å². The van der Waals surface area contributed by atoms with Crippen molar-refractivity contribution >= 4 is 28.3 Å². The number of rotatable bonds is 2. The van der Waals surface area contributed by atoms with Gasteiger partial charge in [-0.2, -0.15) is 0 Å². The molecule has 1 aliphatic heterocycles. The summed E-state index contributed by atoms with van der Waals surface area (Å²) in [6.45, 7) is 1.46. The Balaban J connectivity index is 1.43. The average molecular weight is 373 g/mol. The molecule has 4 aromatic rings. The number of carbonyl (C=O) groups is 1. The highest BCUT2D eigenvalue weighted by molar-refractivity contribution is 7.17. The number of hydrogen-bond donors (Lipinski definition) is 0. The third-order valence-corrected chi connectivity index (χ3v) is 6.31. The Kier molecular flexibility index (Phi) is 3.83. The summed E-state index contributed by atoms with van der Waals surface area (Å²) in [6.07, 6.45) is 0.922. The quantitative estimate of drug-likeness (QED) is 0.519. The standard InChI is InChI=1S/C22H19N3OS/c1-24-18-9-5-4-8-17(18)23-21(24)19-10-11-20(27-19)22(26)25-13-12-15-6-2-3-7-16(15)14-25/h2-11H,12-14H2,1H3. The predicted molar refractivity (Wildman–Crippen MR) is 109 cm³/mol. The summed E-state index contributed by atoms with van der Waals surface area (Å²) in [5.41, 5.74) is 4.68. The fourth-order valence-corrected chi connectivity index (χ4v) is 4.76. The van der Waals surface area contributed by atoms with E-state index < -0.39 is 0 Å². The number of aromatic nitrogens is 2. The zero-order valence-corrected chi connectivity index (χ0v) is 15.9. The maximum absolute atomic E-state index is 13.0. The van der Waals surface area contributed by atoms with Crippen molar-refractivity contribution in [3.05, 3.63) is 76.7 Å². The number of amides is 1. The normalized spacial score (nSPS) is 13.7. The van der Waals surface area contributed by atoms with Gasteiger partial charge in [-0.15, -0.1) is 11.3 Å². The topological polar surface area (TPSA) is 38.1 Å². The molecular formula is C22H19N3OS. The molecule has 3 heterocycles. The molecule has 0 bridgehead atoms. The molecule has 1 aliphatic rings. The van der Waals surface area contributed by atoms with E-state index in [9.17, 15) is 4.79 Å². The van der Waals surface area contributed by atoms with Crippen LogP contribution in [0.25, 0.3) is 21.7 Å². The van der Waals surface area contributed by atoms with Crippen LogP contribution in [0.1, 0.15) is 20.8 Å². The Morgan fingerprint density at radius 3 is 2.63 bits per heavy atom. The molecule has 0 saturated heterocycles. The molecule has 0 atom stereocenters. The zero-order chi connectivity index (χ0) is 18.4. The second kappa shape index (κ2) is 6.35. The zero-order valence-electron chi connectivity index (χ0n) is 15.1. The van der Waals surface area contributed by atoms with Gasteiger partial charge in [0.2, 0.25) is 0 Å². The minimum absolute atomic E-state index is 0.111. The molecule has 0 spiro atoms. The molecule has 4 nitrogen and oxygen atoms in total. The highest BCUT2D eigenvalue weighted by Gasteiger charge is 2.23. The maximum atomic E-state index is 13.0. The number of aryl methyl sites for hydroxylation is 1. The van der Waals surface area contributed by atoms with Crippen LogP contribution < -0.4 is 0 Å². The molecule has 0 saturated carbocycles. The average Bonchev–Trinajstić information content (AvgIpc) is 3.32. The number of thiophene rings is 1. The fourth-order valence-electron chi connectivity index (χ4n) is 3.76. The van der Waals surface area contributed by atoms with Crippen molar-refractivity contribution in [3.63, 3.8) is 0 Å². The predicted octanol–water partition coefficient (Wildman–Crippen LogP) is 4.50. The number of imidazole rings is 1. The first-order chi connectivity index (χ1) is 13.2. The SMILES string of the molecule is Cn1c(-c2ccc(C(=O)N3CCc4ccccc4C3)s2)nc2ccccc21. The van der Waals surface area contributed by atoms with Gasteiger partial charge in [0.25, 0.3) is 5.91 Å². The van der Waals surface area contributed by atoms with Crippen molar-refractivity contribution < 1.29 is 4.79 Å². The summed E-state index contributed by atoms with van der Waals surface area (Å²) in [5.74, 6) is 1.02. The lowest BCUT2D eigenvalue weighted by atomic mass is 10.00. The van der Waals surface area contributed by atoms with Gasteiger partial charge in [-0.3, -0.25) is 4.79 Å². The second-order valence-electron chi connectivity index (χ2n) is 6.89. The highest BCUT2D eigenvalue weighted by atomic mass is 32.1. The van der Waals surface area contributed by atoms with Crippen LogP contribution in [0.4, 0.5) is 0 Å². The van der Waals surface area contributed by atoms with Gasteiger partial charge in [0.1, 0.15) is 0 Å². The van der Waals surface area contributed by atoms with Crippen molar-refractivity contribution in [2.24, 2.45) is 7.05 Å². The summed E-state index contributed by atoms with van der Waals surface area (Å²) in [5, 5.41) is 0. The number of fused-ring (bicyclic) bond motifs is 2. The smallest absolute Gasteiger partial charge is 0.264 e. The van der Waals surface area contributed by atoms with Gasteiger partial charge in [0.15, 0.2) is 5.82 Å². The molecule has 0 N–H and O–H groups in total. The van der Waals surface area contributed by atoms with Crippen LogP contribution in [-0.4, -0.2) is 26.9 Å². The van der Waals surface area contributed by atoms with Gasteiger partial charge in [-0.05, 0) is 41.8 Å². The third kappa shape index (κ3) is 2.75. The van der Waals surface area contributed by atoms with Gasteiger partial charge in [0.05, 0.1) is 20.8 Å². The highest BCUT2D eigenvalue weighted by Crippen LogP contribution is 2.31. The Morgan fingerprint density at radius 2 is 1.78 bits per heavy atom. The number of carbonyl (C=O) groups excluding carboxylic acids is 1. The molecule has 5 heteroatoms. The molecule has 0 fully saturated rings. The fraction of sp³-hybridized carbons (Fsp3) is 0.182. The summed E-state index contributed by atoms with van der Waals surface area (Å²) in [4.78, 5) is 21.5. The number of nitrogens with zero attached hydrogens (tertiary/aromatic N) is 3. The van der Waals surface area contributed by atoms with Crippen LogP contribution in [0.5, 0.6) is 0 Å². The first-order valence-electron chi connectivity index (χ1n) is 9.08. The first-order valence-corrected chi connectivity index (χ1v) is 9.90. The van der Waals surface area contributed by atoms with E-state index in [1.807, 2.05) is 48.3 Å². The molecule has 134 valence electrons. The van der Waals surface area contributed by atoms with Crippen molar-refractivity contribution in [2.75, 3.05) is 6.54 Å². The third-order valence-electron chi connectivity index (χ3n) is 5.24. The van der Waals surface area contributed by atoms with Crippen molar-refractivity contribution in [3.8, 4) is 10.7 Å². The second-order valence-corrected chi connectivity index (χ2v) is 7.98. The minimum Gasteiger partial charge on any atom is -0.333 e. The van der Waals surface area contributed by atoms with E-state index in [4.69, 9.17) is 4.98 Å². The monoisotopic (exact) mass is 373 g/mol. The van der Waals surface area contributed by atoms with E-state index in [1.165, 1.54) is 22.5 Å². The molecule has 27 heavy (non-hydrogen) atoms. The van der Waals surface area contributed by atoms with Gasteiger partial charge >= 0.3 is 0 Å². The molecule has 0 unspecified atom stereocenters. The molecular weight excluding hydrogens is 354 g/mol. The lowest BCUT2D eigenvalue weighted by Gasteiger charge is -2.28. The summed E-state index contributed by atoms with van der Waals surface area (Å²) in [7, 11) is 2.02. The van der Waals surface area contributed by atoms with Crippen LogP contribution >= 0.6 is 11.3 Å². The van der Waals surface area contributed by atoms with Gasteiger partial charge in [-0.25, -0.2) is 4.98 Å². The van der Waals surface area contributed by atoms with Gasteiger partial charge < -0.3 is 9.47 Å².